The quantitative estimate of drug-likeness (QED) is 0.721. The van der Waals surface area contributed by atoms with Crippen LogP contribution in [0.25, 0.3) is 0 Å². The molecular weight excluding hydrogens is 422 g/mol. The van der Waals surface area contributed by atoms with Crippen LogP contribution in [0.2, 0.25) is 0 Å². The van der Waals surface area contributed by atoms with E-state index in [1.165, 1.54) is 32.2 Å². The molecular formula is C17H16BrN3O4S. The van der Waals surface area contributed by atoms with E-state index < -0.39 is 27.8 Å². The van der Waals surface area contributed by atoms with Crippen LogP contribution in [0.3, 0.4) is 0 Å². The van der Waals surface area contributed by atoms with Gasteiger partial charge in [-0.05, 0) is 49.4 Å². The van der Waals surface area contributed by atoms with Gasteiger partial charge in [-0.1, -0.05) is 15.9 Å². The van der Waals surface area contributed by atoms with E-state index in [0.29, 0.717) is 11.4 Å². The van der Waals surface area contributed by atoms with E-state index in [9.17, 15) is 18.0 Å². The smallest absolute Gasteiger partial charge is 0.264 e. The summed E-state index contributed by atoms with van der Waals surface area (Å²) in [6.07, 6.45) is 0. The van der Waals surface area contributed by atoms with Crippen molar-refractivity contribution in [2.24, 2.45) is 5.92 Å². The molecule has 0 radical (unpaired) electrons. The Morgan fingerprint density at radius 1 is 0.962 bits per heavy atom. The largest absolute Gasteiger partial charge is 0.324 e. The number of amides is 2. The lowest BCUT2D eigenvalue weighted by Crippen LogP contribution is -2.28. The number of nitrogens with zero attached hydrogens (tertiary/aromatic N) is 1. The van der Waals surface area contributed by atoms with Crippen molar-refractivity contribution in [2.45, 2.75) is 11.8 Å². The minimum Gasteiger partial charge on any atom is -0.324 e. The van der Waals surface area contributed by atoms with Crippen molar-refractivity contribution in [3.63, 3.8) is 0 Å². The first-order valence-corrected chi connectivity index (χ1v) is 9.94. The Morgan fingerprint density at radius 2 is 1.54 bits per heavy atom. The summed E-state index contributed by atoms with van der Waals surface area (Å²) >= 11 is 3.31. The van der Waals surface area contributed by atoms with Crippen molar-refractivity contribution in [3.8, 4) is 0 Å². The van der Waals surface area contributed by atoms with E-state index in [0.717, 1.165) is 8.78 Å². The number of anilines is 3. The minimum atomic E-state index is -3.84. The predicted molar refractivity (Wildman–Crippen MR) is 103 cm³/mol. The molecule has 1 heterocycles. The second-order valence-corrected chi connectivity index (χ2v) is 8.74. The normalized spacial score (nSPS) is 17.0. The fraction of sp³-hybridized carbons (Fsp3) is 0.176. The second-order valence-electron chi connectivity index (χ2n) is 5.86. The Bertz CT molecular complexity index is 990. The third-order valence-corrected chi connectivity index (χ3v) is 6.45. The average Bonchev–Trinajstić information content (AvgIpc) is 2.71. The lowest BCUT2D eigenvalue weighted by Gasteiger charge is -2.20. The molecule has 2 aromatic carbocycles. The van der Waals surface area contributed by atoms with E-state index in [2.05, 4.69) is 26.6 Å². The Balaban J connectivity index is 1.99. The molecule has 26 heavy (non-hydrogen) atoms. The highest BCUT2D eigenvalue weighted by molar-refractivity contribution is 9.10. The molecule has 9 heteroatoms. The van der Waals surface area contributed by atoms with Crippen molar-refractivity contribution < 1.29 is 18.0 Å². The van der Waals surface area contributed by atoms with Crippen LogP contribution in [0.15, 0.2) is 51.8 Å². The number of sulfonamides is 1. The summed E-state index contributed by atoms with van der Waals surface area (Å²) in [5.74, 6) is -1.80. The van der Waals surface area contributed by atoms with Crippen LogP contribution in [0.4, 0.5) is 17.1 Å². The zero-order chi connectivity index (χ0) is 19.1. The van der Waals surface area contributed by atoms with Crippen molar-refractivity contribution in [1.82, 2.24) is 0 Å². The highest BCUT2D eigenvalue weighted by atomic mass is 79.9. The molecule has 0 saturated carbocycles. The van der Waals surface area contributed by atoms with Crippen molar-refractivity contribution in [3.05, 3.63) is 46.9 Å². The predicted octanol–water partition coefficient (Wildman–Crippen LogP) is 2.80. The first kappa shape index (κ1) is 18.4. The molecule has 2 N–H and O–H groups in total. The molecule has 7 nitrogen and oxygen atoms in total. The molecule has 2 aromatic rings. The molecule has 0 aromatic heterocycles. The van der Waals surface area contributed by atoms with Gasteiger partial charge in [0.1, 0.15) is 5.92 Å². The van der Waals surface area contributed by atoms with Gasteiger partial charge < -0.3 is 10.6 Å². The molecule has 1 atom stereocenters. The maximum absolute atomic E-state index is 12.9. The van der Waals surface area contributed by atoms with E-state index in [1.54, 1.807) is 24.3 Å². The van der Waals surface area contributed by atoms with Gasteiger partial charge in [0.2, 0.25) is 11.8 Å². The standard InChI is InChI=1S/C17H16BrN3O4S/c1-10-16(22)19-14-8-7-13(9-15(14)20-17(10)23)26(24,25)21(2)12-5-3-11(18)4-6-12/h3-10H,1-2H3,(H,19,22)(H,20,23). The van der Waals surface area contributed by atoms with Gasteiger partial charge in [-0.2, -0.15) is 0 Å². The fourth-order valence-electron chi connectivity index (χ4n) is 2.45. The van der Waals surface area contributed by atoms with Gasteiger partial charge in [-0.15, -0.1) is 0 Å². The van der Waals surface area contributed by atoms with E-state index >= 15 is 0 Å². The zero-order valence-corrected chi connectivity index (χ0v) is 16.4. The molecule has 0 aliphatic carbocycles. The monoisotopic (exact) mass is 437 g/mol. The first-order chi connectivity index (χ1) is 12.2. The topological polar surface area (TPSA) is 95.6 Å². The maximum atomic E-state index is 12.9. The van der Waals surface area contributed by atoms with Crippen LogP contribution in [-0.4, -0.2) is 27.3 Å². The summed E-state index contributed by atoms with van der Waals surface area (Å²) in [5.41, 5.74) is 1.10. The third kappa shape index (κ3) is 3.32. The van der Waals surface area contributed by atoms with Gasteiger partial charge in [0.05, 0.1) is 22.0 Å². The molecule has 0 bridgehead atoms. The van der Waals surface area contributed by atoms with Crippen LogP contribution in [0.5, 0.6) is 0 Å². The lowest BCUT2D eigenvalue weighted by molar-refractivity contribution is -0.128. The van der Waals surface area contributed by atoms with Gasteiger partial charge >= 0.3 is 0 Å². The number of rotatable bonds is 3. The van der Waals surface area contributed by atoms with Crippen LogP contribution in [0.1, 0.15) is 6.92 Å². The fourth-order valence-corrected chi connectivity index (χ4v) is 3.93. The van der Waals surface area contributed by atoms with E-state index in [1.807, 2.05) is 0 Å². The third-order valence-electron chi connectivity index (χ3n) is 4.14. The van der Waals surface area contributed by atoms with E-state index in [-0.39, 0.29) is 10.6 Å². The number of carbonyl (C=O) groups is 2. The Labute approximate surface area is 159 Å². The summed E-state index contributed by atoms with van der Waals surface area (Å²) in [5, 5.41) is 5.20. The number of fused-ring (bicyclic) bond motifs is 1. The minimum absolute atomic E-state index is 0.00534. The number of halogens is 1. The van der Waals surface area contributed by atoms with Crippen LogP contribution in [-0.2, 0) is 19.6 Å². The van der Waals surface area contributed by atoms with Crippen LogP contribution in [0, 0.1) is 5.92 Å². The summed E-state index contributed by atoms with van der Waals surface area (Å²) in [4.78, 5) is 23.9. The Morgan fingerprint density at radius 3 is 2.15 bits per heavy atom. The summed E-state index contributed by atoms with van der Waals surface area (Å²) in [6.45, 7) is 1.48. The average molecular weight is 438 g/mol. The summed E-state index contributed by atoms with van der Waals surface area (Å²) in [7, 11) is -2.39. The van der Waals surface area contributed by atoms with Crippen molar-refractivity contribution in [1.29, 1.82) is 0 Å². The van der Waals surface area contributed by atoms with E-state index in [4.69, 9.17) is 0 Å². The molecule has 1 unspecified atom stereocenters. The summed E-state index contributed by atoms with van der Waals surface area (Å²) in [6, 6.07) is 11.0. The van der Waals surface area contributed by atoms with Gasteiger partial charge in [-0.3, -0.25) is 13.9 Å². The highest BCUT2D eigenvalue weighted by Crippen LogP contribution is 2.31. The second kappa shape index (κ2) is 6.73. The molecule has 1 aliphatic rings. The number of hydrogen-bond donors (Lipinski definition) is 2. The van der Waals surface area contributed by atoms with Crippen molar-refractivity contribution >= 4 is 54.8 Å². The maximum Gasteiger partial charge on any atom is 0.264 e. The van der Waals surface area contributed by atoms with Crippen LogP contribution >= 0.6 is 15.9 Å². The van der Waals surface area contributed by atoms with Gasteiger partial charge in [0.25, 0.3) is 10.0 Å². The lowest BCUT2D eigenvalue weighted by atomic mass is 10.1. The Kier molecular flexibility index (Phi) is 4.76. The molecule has 0 saturated heterocycles. The molecule has 2 amide bonds. The van der Waals surface area contributed by atoms with Gasteiger partial charge in [0, 0.05) is 11.5 Å². The number of benzene rings is 2. The molecule has 0 fully saturated rings. The molecule has 136 valence electrons. The summed E-state index contributed by atoms with van der Waals surface area (Å²) < 4.78 is 27.8. The number of carbonyl (C=O) groups excluding carboxylic acids is 2. The van der Waals surface area contributed by atoms with Gasteiger partial charge in [-0.25, -0.2) is 8.42 Å². The Hall–Kier alpha value is -2.39. The number of hydrogen-bond acceptors (Lipinski definition) is 4. The first-order valence-electron chi connectivity index (χ1n) is 7.70. The molecule has 1 aliphatic heterocycles. The SMILES string of the molecule is CC1C(=O)Nc2ccc(S(=O)(=O)N(C)c3ccc(Br)cc3)cc2NC1=O. The van der Waals surface area contributed by atoms with Crippen LogP contribution < -0.4 is 14.9 Å². The molecule has 3 rings (SSSR count). The molecule has 0 spiro atoms. The zero-order valence-electron chi connectivity index (χ0n) is 14.0. The van der Waals surface area contributed by atoms with Gasteiger partial charge in [0.15, 0.2) is 0 Å². The highest BCUT2D eigenvalue weighted by Gasteiger charge is 2.29. The number of nitrogens with one attached hydrogen (secondary N) is 2. The van der Waals surface area contributed by atoms with Crippen molar-refractivity contribution in [2.75, 3.05) is 22.0 Å².